The molecule has 0 aliphatic rings. The average molecular weight is 303 g/mol. The van der Waals surface area contributed by atoms with Crippen molar-refractivity contribution in [2.24, 2.45) is 0 Å². The van der Waals surface area contributed by atoms with Crippen molar-refractivity contribution >= 4 is 54.6 Å². The molecule has 0 fully saturated rings. The van der Waals surface area contributed by atoms with Gasteiger partial charge in [-0.2, -0.15) is 0 Å². The normalized spacial score (nSPS) is 11.4. The molecule has 0 bridgehead atoms. The van der Waals surface area contributed by atoms with Crippen molar-refractivity contribution in [1.82, 2.24) is 9.97 Å². The smallest absolute Gasteiger partial charge is 0.150 e. The fourth-order valence-corrected chi connectivity index (χ4v) is 4.43. The molecule has 3 heterocycles. The Morgan fingerprint density at radius 2 is 1.79 bits per heavy atom. The Hall–Kier alpha value is -1.49. The van der Waals surface area contributed by atoms with Gasteiger partial charge in [0, 0.05) is 14.5 Å². The van der Waals surface area contributed by atoms with Gasteiger partial charge in [-0.3, -0.25) is 0 Å². The summed E-state index contributed by atoms with van der Waals surface area (Å²) in [6, 6.07) is 12.7. The first-order valence-corrected chi connectivity index (χ1v) is 7.71. The van der Waals surface area contributed by atoms with Crippen LogP contribution in [0.1, 0.15) is 0 Å². The molecule has 0 saturated carbocycles. The zero-order chi connectivity index (χ0) is 12.8. The molecule has 0 atom stereocenters. The quantitative estimate of drug-likeness (QED) is 0.450. The molecule has 0 aliphatic carbocycles. The van der Waals surface area contributed by atoms with Gasteiger partial charge in [-0.1, -0.05) is 29.8 Å². The van der Waals surface area contributed by atoms with E-state index in [2.05, 4.69) is 46.4 Å². The lowest BCUT2D eigenvalue weighted by molar-refractivity contribution is 1.23. The van der Waals surface area contributed by atoms with Crippen LogP contribution in [0.3, 0.4) is 0 Å². The van der Waals surface area contributed by atoms with E-state index in [1.807, 2.05) is 0 Å². The summed E-state index contributed by atoms with van der Waals surface area (Å²) in [6.07, 6.45) is 1.51. The number of nitrogens with zero attached hydrogens (tertiary/aromatic N) is 2. The molecule has 1 aromatic carbocycles. The minimum Gasteiger partial charge on any atom is -0.235 e. The van der Waals surface area contributed by atoms with Gasteiger partial charge in [0.15, 0.2) is 0 Å². The second-order valence-corrected chi connectivity index (χ2v) is 6.63. The molecule has 0 saturated heterocycles. The number of aromatic nitrogens is 2. The molecule has 4 aromatic rings. The largest absolute Gasteiger partial charge is 0.235 e. The monoisotopic (exact) mass is 302 g/mol. The lowest BCUT2D eigenvalue weighted by Crippen LogP contribution is -1.76. The van der Waals surface area contributed by atoms with E-state index >= 15 is 0 Å². The molecule has 19 heavy (non-hydrogen) atoms. The highest BCUT2D eigenvalue weighted by Crippen LogP contribution is 2.40. The minimum absolute atomic E-state index is 0.530. The Morgan fingerprint density at radius 1 is 0.947 bits per heavy atom. The number of hydrogen-bond donors (Lipinski definition) is 0. The molecule has 0 amide bonds. The SMILES string of the molecule is Clc1ncnc2cc(-c3cc4ccccc4s3)sc12. The summed E-state index contributed by atoms with van der Waals surface area (Å²) in [5, 5.41) is 1.81. The van der Waals surface area contributed by atoms with E-state index in [-0.39, 0.29) is 0 Å². The van der Waals surface area contributed by atoms with E-state index in [9.17, 15) is 0 Å². The number of fused-ring (bicyclic) bond motifs is 2. The van der Waals surface area contributed by atoms with Crippen LogP contribution in [0.2, 0.25) is 5.15 Å². The summed E-state index contributed by atoms with van der Waals surface area (Å²) >= 11 is 9.54. The van der Waals surface area contributed by atoms with Gasteiger partial charge in [0.25, 0.3) is 0 Å². The topological polar surface area (TPSA) is 25.8 Å². The van der Waals surface area contributed by atoms with Crippen molar-refractivity contribution in [2.75, 3.05) is 0 Å². The van der Waals surface area contributed by atoms with Crippen molar-refractivity contribution < 1.29 is 0 Å². The van der Waals surface area contributed by atoms with Crippen LogP contribution in [0.5, 0.6) is 0 Å². The molecule has 0 N–H and O–H groups in total. The van der Waals surface area contributed by atoms with Gasteiger partial charge in [0.1, 0.15) is 11.5 Å². The second kappa shape index (κ2) is 4.27. The number of hydrogen-bond acceptors (Lipinski definition) is 4. The van der Waals surface area contributed by atoms with Crippen LogP contribution in [0.25, 0.3) is 30.1 Å². The summed E-state index contributed by atoms with van der Waals surface area (Å²) in [6.45, 7) is 0. The van der Waals surface area contributed by atoms with Crippen molar-refractivity contribution in [2.45, 2.75) is 0 Å². The molecule has 4 rings (SSSR count). The molecule has 0 aliphatic heterocycles. The third-order valence-corrected chi connectivity index (χ3v) is 5.78. The van der Waals surface area contributed by atoms with Gasteiger partial charge in [-0.15, -0.1) is 22.7 Å². The van der Waals surface area contributed by atoms with Crippen molar-refractivity contribution in [1.29, 1.82) is 0 Å². The fourth-order valence-electron chi connectivity index (χ4n) is 2.05. The van der Waals surface area contributed by atoms with Gasteiger partial charge in [0.2, 0.25) is 0 Å². The molecular formula is C14H7ClN2S2. The van der Waals surface area contributed by atoms with Gasteiger partial charge in [0.05, 0.1) is 10.2 Å². The van der Waals surface area contributed by atoms with E-state index in [4.69, 9.17) is 11.6 Å². The Labute approximate surface area is 122 Å². The average Bonchev–Trinajstić information content (AvgIpc) is 3.02. The lowest BCUT2D eigenvalue weighted by Gasteiger charge is -1.88. The molecule has 2 nitrogen and oxygen atoms in total. The van der Waals surface area contributed by atoms with E-state index in [0.717, 1.165) is 10.2 Å². The van der Waals surface area contributed by atoms with E-state index in [0.29, 0.717) is 5.15 Å². The molecule has 0 unspecified atom stereocenters. The Balaban J connectivity index is 1.96. The van der Waals surface area contributed by atoms with Crippen LogP contribution in [-0.2, 0) is 0 Å². The van der Waals surface area contributed by atoms with Crippen LogP contribution in [-0.4, -0.2) is 9.97 Å². The van der Waals surface area contributed by atoms with E-state index in [1.54, 1.807) is 22.7 Å². The molecule has 3 aromatic heterocycles. The summed E-state index contributed by atoms with van der Waals surface area (Å²) in [5.41, 5.74) is 0.914. The first kappa shape index (κ1) is 11.3. The van der Waals surface area contributed by atoms with Crippen LogP contribution in [0.4, 0.5) is 0 Å². The van der Waals surface area contributed by atoms with E-state index < -0.39 is 0 Å². The van der Waals surface area contributed by atoms with Crippen LogP contribution in [0.15, 0.2) is 42.7 Å². The Kier molecular flexibility index (Phi) is 2.55. The summed E-state index contributed by atoms with van der Waals surface area (Å²) in [4.78, 5) is 10.7. The highest BCUT2D eigenvalue weighted by atomic mass is 35.5. The predicted molar refractivity (Wildman–Crippen MR) is 83.2 cm³/mol. The van der Waals surface area contributed by atoms with Crippen LogP contribution < -0.4 is 0 Å². The van der Waals surface area contributed by atoms with Crippen molar-refractivity contribution in [3.8, 4) is 9.75 Å². The molecule has 92 valence electrons. The minimum atomic E-state index is 0.530. The third kappa shape index (κ3) is 1.84. The third-order valence-electron chi connectivity index (χ3n) is 2.94. The number of halogens is 1. The van der Waals surface area contributed by atoms with Crippen molar-refractivity contribution in [3.63, 3.8) is 0 Å². The lowest BCUT2D eigenvalue weighted by atomic mass is 10.2. The van der Waals surface area contributed by atoms with Gasteiger partial charge >= 0.3 is 0 Å². The summed E-state index contributed by atoms with van der Waals surface area (Å²) in [7, 11) is 0. The maximum absolute atomic E-state index is 6.10. The molecule has 0 spiro atoms. The molecule has 0 radical (unpaired) electrons. The summed E-state index contributed by atoms with van der Waals surface area (Å²) < 4.78 is 2.25. The maximum atomic E-state index is 6.10. The second-order valence-electron chi connectivity index (χ2n) is 4.14. The highest BCUT2D eigenvalue weighted by Gasteiger charge is 2.11. The van der Waals surface area contributed by atoms with E-state index in [1.165, 1.54) is 26.2 Å². The van der Waals surface area contributed by atoms with Crippen molar-refractivity contribution in [3.05, 3.63) is 47.9 Å². The Bertz CT molecular complexity index is 862. The highest BCUT2D eigenvalue weighted by molar-refractivity contribution is 7.28. The van der Waals surface area contributed by atoms with Gasteiger partial charge < -0.3 is 0 Å². The Morgan fingerprint density at radius 3 is 2.63 bits per heavy atom. The summed E-state index contributed by atoms with van der Waals surface area (Å²) in [5.74, 6) is 0. The van der Waals surface area contributed by atoms with Crippen LogP contribution >= 0.6 is 34.3 Å². The molecule has 5 heteroatoms. The van der Waals surface area contributed by atoms with Crippen LogP contribution in [0, 0.1) is 0 Å². The first-order valence-electron chi connectivity index (χ1n) is 5.70. The zero-order valence-electron chi connectivity index (χ0n) is 9.63. The number of benzene rings is 1. The van der Waals surface area contributed by atoms with Gasteiger partial charge in [-0.25, -0.2) is 9.97 Å². The predicted octanol–water partition coefficient (Wildman–Crippen LogP) is 5.23. The molecular weight excluding hydrogens is 296 g/mol. The standard InChI is InChI=1S/C14H7ClN2S2/c15-14-13-9(16-7-17-14)6-12(19-13)11-5-8-3-1-2-4-10(8)18-11/h1-7H. The fraction of sp³-hybridized carbons (Fsp3) is 0. The zero-order valence-corrected chi connectivity index (χ0v) is 12.0. The maximum Gasteiger partial charge on any atom is 0.150 e. The van der Waals surface area contributed by atoms with Gasteiger partial charge in [-0.05, 0) is 23.6 Å². The first-order chi connectivity index (χ1) is 9.31. The number of thiophene rings is 2. The number of rotatable bonds is 1.